The number of nitrogens with zero attached hydrogens (tertiary/aromatic N) is 2. The molecule has 0 aliphatic rings. The van der Waals surface area contributed by atoms with Gasteiger partial charge in [-0.3, -0.25) is 9.20 Å². The number of aryl methyl sites for hydroxylation is 1. The highest BCUT2D eigenvalue weighted by molar-refractivity contribution is 5.97. The Kier molecular flexibility index (Phi) is 6.14. The number of pyridine rings is 1. The van der Waals surface area contributed by atoms with E-state index >= 15 is 0 Å². The molecule has 0 spiro atoms. The molecule has 2 rings (SSSR count). The van der Waals surface area contributed by atoms with Gasteiger partial charge in [0.1, 0.15) is 5.69 Å². The van der Waals surface area contributed by atoms with Crippen molar-refractivity contribution in [2.24, 2.45) is 5.92 Å². The van der Waals surface area contributed by atoms with E-state index < -0.39 is 18.0 Å². The zero-order chi connectivity index (χ0) is 18.6. The molecule has 0 aliphatic heterocycles. The number of ketones is 1. The number of carboxylic acid groups (broad SMARTS) is 1. The van der Waals surface area contributed by atoms with Crippen molar-refractivity contribution in [2.45, 2.75) is 46.1 Å². The van der Waals surface area contributed by atoms with Crippen LogP contribution in [-0.4, -0.2) is 44.1 Å². The molecule has 0 saturated carbocycles. The van der Waals surface area contributed by atoms with Crippen LogP contribution in [0, 0.1) is 12.8 Å². The second-order valence-electron chi connectivity index (χ2n) is 6.00. The van der Waals surface area contributed by atoms with Crippen molar-refractivity contribution in [3.05, 3.63) is 29.7 Å². The number of aromatic nitrogens is 2. The monoisotopic (exact) mass is 348 g/mol. The SMILES string of the molecule is CCCC(CC(=O)c1c(C)nc2c(OCC)cccn12)[C@@H](O)C(=O)O. The molecule has 0 aromatic carbocycles. The van der Waals surface area contributed by atoms with Crippen molar-refractivity contribution in [1.82, 2.24) is 9.38 Å². The first-order valence-electron chi connectivity index (χ1n) is 8.45. The maximum Gasteiger partial charge on any atom is 0.332 e. The molecule has 0 amide bonds. The summed E-state index contributed by atoms with van der Waals surface area (Å²) in [6, 6.07) is 3.55. The van der Waals surface area contributed by atoms with E-state index in [9.17, 15) is 14.7 Å². The first-order chi connectivity index (χ1) is 11.9. The Bertz CT molecular complexity index is 768. The van der Waals surface area contributed by atoms with Crippen molar-refractivity contribution < 1.29 is 24.5 Å². The number of aliphatic hydroxyl groups is 1. The number of fused-ring (bicyclic) bond motifs is 1. The molecule has 25 heavy (non-hydrogen) atoms. The molecule has 7 nitrogen and oxygen atoms in total. The highest BCUT2D eigenvalue weighted by atomic mass is 16.5. The molecule has 0 aliphatic carbocycles. The van der Waals surface area contributed by atoms with Gasteiger partial charge in [0.25, 0.3) is 0 Å². The molecule has 2 aromatic rings. The van der Waals surface area contributed by atoms with Gasteiger partial charge in [-0.25, -0.2) is 9.78 Å². The van der Waals surface area contributed by atoms with Crippen molar-refractivity contribution >= 4 is 17.4 Å². The minimum absolute atomic E-state index is 0.0468. The van der Waals surface area contributed by atoms with E-state index in [-0.39, 0.29) is 12.2 Å². The number of aliphatic hydroxyl groups excluding tert-OH is 1. The van der Waals surface area contributed by atoms with Crippen LogP contribution in [0.1, 0.15) is 49.3 Å². The maximum absolute atomic E-state index is 12.8. The number of imidazole rings is 1. The first-order valence-corrected chi connectivity index (χ1v) is 8.45. The number of Topliss-reactive ketones (excluding diaryl/α,β-unsaturated/α-hetero) is 1. The zero-order valence-corrected chi connectivity index (χ0v) is 14.7. The van der Waals surface area contributed by atoms with E-state index in [1.54, 1.807) is 29.7 Å². The fraction of sp³-hybridized carbons (Fsp3) is 0.500. The number of aliphatic carboxylic acids is 1. The molecule has 0 saturated heterocycles. The third-order valence-electron chi connectivity index (χ3n) is 4.16. The topological polar surface area (TPSA) is 101 Å². The van der Waals surface area contributed by atoms with E-state index in [2.05, 4.69) is 4.98 Å². The van der Waals surface area contributed by atoms with Crippen molar-refractivity contribution in [2.75, 3.05) is 6.61 Å². The van der Waals surface area contributed by atoms with Crippen LogP contribution < -0.4 is 4.74 Å². The molecule has 0 fully saturated rings. The Morgan fingerprint density at radius 2 is 2.08 bits per heavy atom. The molecule has 136 valence electrons. The fourth-order valence-electron chi connectivity index (χ4n) is 3.04. The van der Waals surface area contributed by atoms with Crippen molar-refractivity contribution in [1.29, 1.82) is 0 Å². The number of hydrogen-bond donors (Lipinski definition) is 2. The summed E-state index contributed by atoms with van der Waals surface area (Å²) in [5, 5.41) is 18.9. The van der Waals surface area contributed by atoms with Crippen LogP contribution in [0.25, 0.3) is 5.65 Å². The summed E-state index contributed by atoms with van der Waals surface area (Å²) in [6.45, 7) is 5.98. The Morgan fingerprint density at radius 3 is 2.68 bits per heavy atom. The summed E-state index contributed by atoms with van der Waals surface area (Å²) >= 11 is 0. The summed E-state index contributed by atoms with van der Waals surface area (Å²) in [4.78, 5) is 28.3. The van der Waals surface area contributed by atoms with Gasteiger partial charge < -0.3 is 14.9 Å². The molecular formula is C18H24N2O5. The molecule has 2 heterocycles. The molecule has 2 atom stereocenters. The molecule has 0 radical (unpaired) electrons. The smallest absolute Gasteiger partial charge is 0.332 e. The van der Waals surface area contributed by atoms with Gasteiger partial charge in [0, 0.05) is 18.5 Å². The fourth-order valence-corrected chi connectivity index (χ4v) is 3.04. The van der Waals surface area contributed by atoms with Crippen LogP contribution >= 0.6 is 0 Å². The van der Waals surface area contributed by atoms with Crippen LogP contribution in [0.2, 0.25) is 0 Å². The number of carboxylic acids is 1. The normalized spacial score (nSPS) is 13.6. The average molecular weight is 348 g/mol. The Hall–Kier alpha value is -2.41. The Morgan fingerprint density at radius 1 is 1.36 bits per heavy atom. The zero-order valence-electron chi connectivity index (χ0n) is 14.7. The predicted octanol–water partition coefficient (Wildman–Crippen LogP) is 2.48. The van der Waals surface area contributed by atoms with Crippen LogP contribution in [0.4, 0.5) is 0 Å². The summed E-state index contributed by atoms with van der Waals surface area (Å²) < 4.78 is 7.21. The van der Waals surface area contributed by atoms with E-state index in [1.165, 1.54) is 0 Å². The molecule has 7 heteroatoms. The van der Waals surface area contributed by atoms with E-state index in [4.69, 9.17) is 9.84 Å². The van der Waals surface area contributed by atoms with Gasteiger partial charge in [-0.2, -0.15) is 0 Å². The lowest BCUT2D eigenvalue weighted by Crippen LogP contribution is -2.31. The second kappa shape index (κ2) is 8.11. The third kappa shape index (κ3) is 3.99. The van der Waals surface area contributed by atoms with Gasteiger partial charge in [-0.05, 0) is 32.4 Å². The molecule has 0 bridgehead atoms. The minimum Gasteiger partial charge on any atom is -0.490 e. The number of ether oxygens (including phenoxy) is 1. The van der Waals surface area contributed by atoms with Gasteiger partial charge in [0.2, 0.25) is 0 Å². The van der Waals surface area contributed by atoms with Crippen LogP contribution in [0.15, 0.2) is 18.3 Å². The Labute approximate surface area is 146 Å². The summed E-state index contributed by atoms with van der Waals surface area (Å²) in [5.74, 6) is -1.59. The van der Waals surface area contributed by atoms with Crippen molar-refractivity contribution in [3.63, 3.8) is 0 Å². The highest BCUT2D eigenvalue weighted by Crippen LogP contribution is 2.25. The summed E-state index contributed by atoms with van der Waals surface area (Å²) in [7, 11) is 0. The number of rotatable bonds is 9. The number of hydrogen-bond acceptors (Lipinski definition) is 5. The number of carbonyl (C=O) groups excluding carboxylic acids is 1. The summed E-state index contributed by atoms with van der Waals surface area (Å²) in [6.07, 6.45) is 1.27. The van der Waals surface area contributed by atoms with Crippen LogP contribution in [-0.2, 0) is 4.79 Å². The van der Waals surface area contributed by atoms with Gasteiger partial charge in [-0.15, -0.1) is 0 Å². The summed E-state index contributed by atoms with van der Waals surface area (Å²) in [5.41, 5.74) is 1.50. The predicted molar refractivity (Wildman–Crippen MR) is 92.1 cm³/mol. The molecule has 1 unspecified atom stereocenters. The van der Waals surface area contributed by atoms with E-state index in [0.29, 0.717) is 42.2 Å². The lowest BCUT2D eigenvalue weighted by atomic mass is 9.90. The van der Waals surface area contributed by atoms with Gasteiger partial charge >= 0.3 is 5.97 Å². The van der Waals surface area contributed by atoms with Gasteiger partial charge in [-0.1, -0.05) is 13.3 Å². The minimum atomic E-state index is -1.55. The molecular weight excluding hydrogens is 324 g/mol. The number of carbonyl (C=O) groups is 2. The first kappa shape index (κ1) is 18.9. The highest BCUT2D eigenvalue weighted by Gasteiger charge is 2.29. The second-order valence-corrected chi connectivity index (χ2v) is 6.00. The van der Waals surface area contributed by atoms with Gasteiger partial charge in [0.15, 0.2) is 23.3 Å². The van der Waals surface area contributed by atoms with Crippen LogP contribution in [0.3, 0.4) is 0 Å². The van der Waals surface area contributed by atoms with Gasteiger partial charge in [0.05, 0.1) is 12.3 Å². The largest absolute Gasteiger partial charge is 0.490 e. The van der Waals surface area contributed by atoms with Crippen LogP contribution in [0.5, 0.6) is 5.75 Å². The molecule has 2 N–H and O–H groups in total. The molecule has 2 aromatic heterocycles. The quantitative estimate of drug-likeness (QED) is 0.675. The van der Waals surface area contributed by atoms with E-state index in [1.807, 2.05) is 13.8 Å². The average Bonchev–Trinajstić information content (AvgIpc) is 2.91. The van der Waals surface area contributed by atoms with Crippen molar-refractivity contribution in [3.8, 4) is 5.75 Å². The lowest BCUT2D eigenvalue weighted by molar-refractivity contribution is -0.149. The van der Waals surface area contributed by atoms with E-state index in [0.717, 1.165) is 0 Å². The standard InChI is InChI=1S/C18H24N2O5/c1-4-7-12(16(22)18(23)24)10-13(21)15-11(3)19-17-14(25-5-2)8-6-9-20(15)17/h6,8-9,12,16,22H,4-5,7,10H2,1-3H3,(H,23,24)/t12?,16-/m1/s1. The maximum atomic E-state index is 12.8. The third-order valence-corrected chi connectivity index (χ3v) is 4.16. The lowest BCUT2D eigenvalue weighted by Gasteiger charge is -2.18. The Balaban J connectivity index is 2.37.